The Bertz CT molecular complexity index is 118. The van der Waals surface area contributed by atoms with Gasteiger partial charge in [-0.2, -0.15) is 0 Å². The molecule has 0 aliphatic rings. The normalized spacial score (nSPS) is 12.3. The zero-order chi connectivity index (χ0) is 8.69. The Balaban J connectivity index is 3.30. The fourth-order valence-electron chi connectivity index (χ4n) is 0.460. The maximum absolute atomic E-state index is 10.6. The van der Waals surface area contributed by atoms with Crippen molar-refractivity contribution in [1.82, 2.24) is 10.8 Å². The molecule has 0 spiro atoms. The molecule has 0 aromatic carbocycles. The molecule has 0 aromatic heterocycles. The molecule has 0 fully saturated rings. The second-order valence-corrected chi connectivity index (χ2v) is 2.30. The van der Waals surface area contributed by atoms with Crippen molar-refractivity contribution in [2.75, 3.05) is 20.3 Å². The number of aliphatic hydroxyl groups is 1. The molecule has 3 N–H and O–H groups in total. The van der Waals surface area contributed by atoms with E-state index in [4.69, 9.17) is 5.11 Å². The molecular formula is C6H14N2O3. The van der Waals surface area contributed by atoms with Crippen molar-refractivity contribution in [1.29, 1.82) is 0 Å². The summed E-state index contributed by atoms with van der Waals surface area (Å²) >= 11 is 0. The first-order chi connectivity index (χ1) is 5.20. The van der Waals surface area contributed by atoms with Gasteiger partial charge in [0.15, 0.2) is 0 Å². The van der Waals surface area contributed by atoms with Gasteiger partial charge in [0.05, 0.1) is 7.11 Å². The molecule has 11 heavy (non-hydrogen) atoms. The monoisotopic (exact) mass is 162 g/mol. The van der Waals surface area contributed by atoms with Crippen molar-refractivity contribution in [3.63, 3.8) is 0 Å². The fraction of sp³-hybridized carbons (Fsp3) is 0.833. The summed E-state index contributed by atoms with van der Waals surface area (Å²) in [4.78, 5) is 15.0. The summed E-state index contributed by atoms with van der Waals surface area (Å²) in [6.45, 7) is 2.33. The van der Waals surface area contributed by atoms with E-state index in [0.29, 0.717) is 6.54 Å². The average Bonchev–Trinajstić information content (AvgIpc) is 2.01. The van der Waals surface area contributed by atoms with E-state index in [2.05, 4.69) is 15.6 Å². The van der Waals surface area contributed by atoms with Crippen LogP contribution < -0.4 is 10.8 Å². The zero-order valence-electron chi connectivity index (χ0n) is 6.76. The van der Waals surface area contributed by atoms with E-state index in [9.17, 15) is 4.79 Å². The van der Waals surface area contributed by atoms with Gasteiger partial charge in [-0.1, -0.05) is 6.92 Å². The van der Waals surface area contributed by atoms with Crippen LogP contribution in [-0.2, 0) is 4.84 Å². The Morgan fingerprint density at radius 1 is 1.73 bits per heavy atom. The van der Waals surface area contributed by atoms with Crippen molar-refractivity contribution in [2.24, 2.45) is 5.92 Å². The first kappa shape index (κ1) is 10.2. The number of urea groups is 1. The molecule has 0 saturated carbocycles. The summed E-state index contributed by atoms with van der Waals surface area (Å²) in [6, 6.07) is -0.396. The standard InChI is InChI=1S/C6H14N2O3/c1-5(4-9)3-7-6(10)8-11-2/h5,9H,3-4H2,1-2H3,(H2,7,8,10). The van der Waals surface area contributed by atoms with Crippen molar-refractivity contribution < 1.29 is 14.7 Å². The minimum atomic E-state index is -0.396. The Hall–Kier alpha value is -0.810. The zero-order valence-corrected chi connectivity index (χ0v) is 6.76. The van der Waals surface area contributed by atoms with Gasteiger partial charge in [-0.15, -0.1) is 0 Å². The van der Waals surface area contributed by atoms with E-state index in [1.54, 1.807) is 0 Å². The molecule has 5 heteroatoms. The van der Waals surface area contributed by atoms with Gasteiger partial charge < -0.3 is 10.4 Å². The van der Waals surface area contributed by atoms with Gasteiger partial charge in [-0.3, -0.25) is 4.84 Å². The molecule has 0 saturated heterocycles. The number of nitrogens with one attached hydrogen (secondary N) is 2. The van der Waals surface area contributed by atoms with E-state index >= 15 is 0 Å². The molecular weight excluding hydrogens is 148 g/mol. The molecule has 0 bridgehead atoms. The van der Waals surface area contributed by atoms with Gasteiger partial charge in [0, 0.05) is 13.2 Å². The number of amides is 2. The fourth-order valence-corrected chi connectivity index (χ4v) is 0.460. The van der Waals surface area contributed by atoms with E-state index in [1.807, 2.05) is 6.92 Å². The van der Waals surface area contributed by atoms with E-state index in [0.717, 1.165) is 0 Å². The third-order valence-corrected chi connectivity index (χ3v) is 1.12. The minimum absolute atomic E-state index is 0.0628. The average molecular weight is 162 g/mol. The van der Waals surface area contributed by atoms with Gasteiger partial charge in [-0.25, -0.2) is 10.3 Å². The van der Waals surface area contributed by atoms with Crippen LogP contribution in [0.1, 0.15) is 6.92 Å². The smallest absolute Gasteiger partial charge is 0.338 e. The molecule has 0 radical (unpaired) electrons. The number of carbonyl (C=O) groups is 1. The predicted octanol–water partition coefficient (Wildman–Crippen LogP) is -0.525. The quantitative estimate of drug-likeness (QED) is 0.487. The number of hydrogen-bond acceptors (Lipinski definition) is 3. The van der Waals surface area contributed by atoms with Gasteiger partial charge in [0.2, 0.25) is 0 Å². The second kappa shape index (κ2) is 5.94. The number of rotatable bonds is 4. The van der Waals surface area contributed by atoms with Crippen LogP contribution in [0.25, 0.3) is 0 Å². The topological polar surface area (TPSA) is 70.6 Å². The highest BCUT2D eigenvalue weighted by molar-refractivity contribution is 5.72. The number of hydrogen-bond donors (Lipinski definition) is 3. The van der Waals surface area contributed by atoms with Crippen LogP contribution in [0.15, 0.2) is 0 Å². The summed E-state index contributed by atoms with van der Waals surface area (Å²) in [5.41, 5.74) is 2.09. The second-order valence-electron chi connectivity index (χ2n) is 2.30. The third kappa shape index (κ3) is 5.63. The summed E-state index contributed by atoms with van der Waals surface area (Å²) in [7, 11) is 1.36. The Labute approximate surface area is 65.7 Å². The number of hydroxylamine groups is 1. The van der Waals surface area contributed by atoms with Crippen LogP contribution in [0.5, 0.6) is 0 Å². The lowest BCUT2D eigenvalue weighted by molar-refractivity contribution is 0.106. The van der Waals surface area contributed by atoms with E-state index in [1.165, 1.54) is 7.11 Å². The Morgan fingerprint density at radius 3 is 2.82 bits per heavy atom. The van der Waals surface area contributed by atoms with Crippen LogP contribution in [0, 0.1) is 5.92 Å². The molecule has 66 valence electrons. The van der Waals surface area contributed by atoms with Crippen molar-refractivity contribution in [3.8, 4) is 0 Å². The van der Waals surface area contributed by atoms with Crippen molar-refractivity contribution in [2.45, 2.75) is 6.92 Å². The van der Waals surface area contributed by atoms with Crippen LogP contribution in [0.2, 0.25) is 0 Å². The highest BCUT2D eigenvalue weighted by atomic mass is 16.6. The highest BCUT2D eigenvalue weighted by Gasteiger charge is 2.02. The summed E-state index contributed by atoms with van der Waals surface area (Å²) in [6.07, 6.45) is 0. The van der Waals surface area contributed by atoms with Crippen molar-refractivity contribution >= 4 is 6.03 Å². The lowest BCUT2D eigenvalue weighted by Gasteiger charge is -2.08. The van der Waals surface area contributed by atoms with E-state index < -0.39 is 6.03 Å². The largest absolute Gasteiger partial charge is 0.396 e. The SMILES string of the molecule is CONC(=O)NCC(C)CO. The molecule has 5 nitrogen and oxygen atoms in total. The van der Waals surface area contributed by atoms with Gasteiger partial charge in [-0.05, 0) is 5.92 Å². The Morgan fingerprint density at radius 2 is 2.36 bits per heavy atom. The number of carbonyl (C=O) groups excluding carboxylic acids is 1. The summed E-state index contributed by atoms with van der Waals surface area (Å²) < 4.78 is 0. The molecule has 1 unspecified atom stereocenters. The van der Waals surface area contributed by atoms with Crippen LogP contribution >= 0.6 is 0 Å². The number of aliphatic hydroxyl groups excluding tert-OH is 1. The van der Waals surface area contributed by atoms with Crippen LogP contribution in [-0.4, -0.2) is 31.4 Å². The van der Waals surface area contributed by atoms with Gasteiger partial charge >= 0.3 is 6.03 Å². The third-order valence-electron chi connectivity index (χ3n) is 1.12. The van der Waals surface area contributed by atoms with E-state index in [-0.39, 0.29) is 12.5 Å². The minimum Gasteiger partial charge on any atom is -0.396 e. The Kier molecular flexibility index (Phi) is 5.50. The maximum atomic E-state index is 10.6. The first-order valence-corrected chi connectivity index (χ1v) is 3.38. The molecule has 0 rings (SSSR count). The van der Waals surface area contributed by atoms with Crippen LogP contribution in [0.3, 0.4) is 0 Å². The molecule has 0 aromatic rings. The summed E-state index contributed by atoms with van der Waals surface area (Å²) in [5, 5.41) is 11.1. The molecule has 1 atom stereocenters. The molecule has 2 amide bonds. The molecule has 0 aliphatic carbocycles. The molecule has 0 heterocycles. The molecule has 0 aliphatic heterocycles. The summed E-state index contributed by atoms with van der Waals surface area (Å²) in [5.74, 6) is 0.0672. The first-order valence-electron chi connectivity index (χ1n) is 3.38. The predicted molar refractivity (Wildman–Crippen MR) is 39.8 cm³/mol. The lowest BCUT2D eigenvalue weighted by Crippen LogP contribution is -2.37. The van der Waals surface area contributed by atoms with Crippen molar-refractivity contribution in [3.05, 3.63) is 0 Å². The van der Waals surface area contributed by atoms with Gasteiger partial charge in [0.1, 0.15) is 0 Å². The van der Waals surface area contributed by atoms with Gasteiger partial charge in [0.25, 0.3) is 0 Å². The highest BCUT2D eigenvalue weighted by Crippen LogP contribution is 1.87. The lowest BCUT2D eigenvalue weighted by atomic mass is 10.2. The maximum Gasteiger partial charge on any atom is 0.338 e. The van der Waals surface area contributed by atoms with Crippen LogP contribution in [0.4, 0.5) is 4.79 Å².